The Kier molecular flexibility index (Phi) is 5.17. The molecule has 3 rings (SSSR count). The van der Waals surface area contributed by atoms with Gasteiger partial charge in [-0.3, -0.25) is 0 Å². The molecule has 0 aromatic carbocycles. The molecule has 0 bridgehead atoms. The molecule has 5 heteroatoms. The SMILES string of the molecule is C=C(N1CC(OC2C=CC(C3CC3S)=CC(C)C2)C1)C(C)(N)CO. The third kappa shape index (κ3) is 3.90. The van der Waals surface area contributed by atoms with E-state index in [-0.39, 0.29) is 18.8 Å². The summed E-state index contributed by atoms with van der Waals surface area (Å²) >= 11 is 4.56. The summed E-state index contributed by atoms with van der Waals surface area (Å²) in [6.45, 7) is 9.59. The third-order valence-corrected chi connectivity index (χ3v) is 5.92. The second-order valence-electron chi connectivity index (χ2n) is 7.87. The Balaban J connectivity index is 1.49. The van der Waals surface area contributed by atoms with Crippen LogP contribution in [0.3, 0.4) is 0 Å². The quantitative estimate of drug-likeness (QED) is 0.642. The van der Waals surface area contributed by atoms with Gasteiger partial charge in [0.15, 0.2) is 0 Å². The van der Waals surface area contributed by atoms with E-state index in [9.17, 15) is 5.11 Å². The lowest BCUT2D eigenvalue weighted by atomic mass is 9.97. The molecule has 2 aliphatic carbocycles. The van der Waals surface area contributed by atoms with Crippen LogP contribution in [0.25, 0.3) is 0 Å². The fourth-order valence-corrected chi connectivity index (χ4v) is 3.85. The zero-order valence-corrected chi connectivity index (χ0v) is 15.6. The Morgan fingerprint density at radius 3 is 2.75 bits per heavy atom. The Bertz CT molecular complexity index is 552. The van der Waals surface area contributed by atoms with Gasteiger partial charge in [-0.25, -0.2) is 0 Å². The van der Waals surface area contributed by atoms with Gasteiger partial charge in [-0.1, -0.05) is 31.7 Å². The molecule has 2 fully saturated rings. The van der Waals surface area contributed by atoms with Crippen molar-refractivity contribution in [2.45, 2.75) is 49.7 Å². The van der Waals surface area contributed by atoms with Crippen LogP contribution >= 0.6 is 12.6 Å². The van der Waals surface area contributed by atoms with Crippen molar-refractivity contribution in [2.24, 2.45) is 17.6 Å². The number of rotatable bonds is 6. The average molecular weight is 351 g/mol. The van der Waals surface area contributed by atoms with E-state index in [4.69, 9.17) is 10.5 Å². The van der Waals surface area contributed by atoms with Gasteiger partial charge in [0, 0.05) is 24.0 Å². The van der Waals surface area contributed by atoms with E-state index >= 15 is 0 Å². The molecule has 0 radical (unpaired) electrons. The van der Waals surface area contributed by atoms with Crippen LogP contribution in [-0.4, -0.2) is 52.7 Å². The van der Waals surface area contributed by atoms with Crippen molar-refractivity contribution in [3.8, 4) is 0 Å². The van der Waals surface area contributed by atoms with Crippen molar-refractivity contribution < 1.29 is 9.84 Å². The first-order valence-corrected chi connectivity index (χ1v) is 9.39. The Labute approximate surface area is 150 Å². The summed E-state index contributed by atoms with van der Waals surface area (Å²) in [5.41, 5.74) is 7.50. The molecule has 5 atom stereocenters. The van der Waals surface area contributed by atoms with Crippen molar-refractivity contribution in [3.63, 3.8) is 0 Å². The van der Waals surface area contributed by atoms with E-state index in [1.807, 2.05) is 0 Å². The number of hydrogen-bond donors (Lipinski definition) is 3. The summed E-state index contributed by atoms with van der Waals surface area (Å²) in [5.74, 6) is 1.16. The fraction of sp³-hybridized carbons (Fsp3) is 0.684. The second-order valence-corrected chi connectivity index (χ2v) is 8.54. The molecule has 134 valence electrons. The number of aliphatic hydroxyl groups is 1. The van der Waals surface area contributed by atoms with Crippen molar-refractivity contribution in [1.82, 2.24) is 4.90 Å². The highest BCUT2D eigenvalue weighted by Crippen LogP contribution is 2.43. The van der Waals surface area contributed by atoms with Gasteiger partial charge < -0.3 is 20.5 Å². The molecule has 1 saturated carbocycles. The van der Waals surface area contributed by atoms with E-state index in [0.29, 0.717) is 17.1 Å². The summed E-state index contributed by atoms with van der Waals surface area (Å²) in [6, 6.07) is 0. The van der Waals surface area contributed by atoms with Crippen molar-refractivity contribution in [2.75, 3.05) is 19.7 Å². The summed E-state index contributed by atoms with van der Waals surface area (Å²) < 4.78 is 6.25. The molecule has 3 N–H and O–H groups in total. The van der Waals surface area contributed by atoms with Crippen LogP contribution in [0.15, 0.2) is 36.1 Å². The first-order chi connectivity index (χ1) is 11.3. The topological polar surface area (TPSA) is 58.7 Å². The monoisotopic (exact) mass is 350 g/mol. The minimum absolute atomic E-state index is 0.0987. The van der Waals surface area contributed by atoms with Crippen LogP contribution in [0.4, 0.5) is 0 Å². The number of likely N-dealkylation sites (tertiary alicyclic amines) is 1. The molecule has 3 aliphatic rings. The van der Waals surface area contributed by atoms with Crippen LogP contribution in [0.2, 0.25) is 0 Å². The van der Waals surface area contributed by atoms with Gasteiger partial charge >= 0.3 is 0 Å². The van der Waals surface area contributed by atoms with Crippen LogP contribution in [0.5, 0.6) is 0 Å². The Hall–Kier alpha value is -0.750. The minimum atomic E-state index is -0.756. The Morgan fingerprint density at radius 2 is 2.17 bits per heavy atom. The maximum Gasteiger partial charge on any atom is 0.0932 e. The van der Waals surface area contributed by atoms with E-state index in [1.165, 1.54) is 12.0 Å². The van der Waals surface area contributed by atoms with Gasteiger partial charge in [0.05, 0.1) is 24.4 Å². The number of nitrogens with two attached hydrogens (primary N) is 1. The minimum Gasteiger partial charge on any atom is -0.394 e. The average Bonchev–Trinajstić information content (AvgIpc) is 3.24. The molecule has 0 aromatic heterocycles. The van der Waals surface area contributed by atoms with Crippen molar-refractivity contribution in [3.05, 3.63) is 36.1 Å². The van der Waals surface area contributed by atoms with E-state index in [0.717, 1.165) is 25.2 Å². The number of ether oxygens (including phenoxy) is 1. The van der Waals surface area contributed by atoms with Gasteiger partial charge in [0.2, 0.25) is 0 Å². The van der Waals surface area contributed by atoms with Crippen LogP contribution in [-0.2, 0) is 4.74 Å². The molecule has 5 unspecified atom stereocenters. The highest BCUT2D eigenvalue weighted by Gasteiger charge is 2.38. The van der Waals surface area contributed by atoms with Gasteiger partial charge in [-0.05, 0) is 37.2 Å². The summed E-state index contributed by atoms with van der Waals surface area (Å²) in [7, 11) is 0. The number of allylic oxidation sites excluding steroid dienone is 3. The van der Waals surface area contributed by atoms with Crippen LogP contribution in [0.1, 0.15) is 26.7 Å². The first-order valence-electron chi connectivity index (χ1n) is 8.87. The smallest absolute Gasteiger partial charge is 0.0932 e. The normalized spacial score (nSPS) is 35.7. The molecule has 1 aliphatic heterocycles. The number of hydrogen-bond acceptors (Lipinski definition) is 5. The summed E-state index contributed by atoms with van der Waals surface area (Å²) in [4.78, 5) is 2.10. The van der Waals surface area contributed by atoms with Crippen LogP contribution < -0.4 is 5.73 Å². The third-order valence-electron chi connectivity index (χ3n) is 5.35. The van der Waals surface area contributed by atoms with E-state index in [2.05, 4.69) is 49.3 Å². The summed E-state index contributed by atoms with van der Waals surface area (Å²) in [5, 5.41) is 9.89. The molecule has 0 amide bonds. The number of aliphatic hydroxyl groups excluding tert-OH is 1. The molecular weight excluding hydrogens is 320 g/mol. The van der Waals surface area contributed by atoms with Crippen molar-refractivity contribution >= 4 is 12.6 Å². The molecule has 24 heavy (non-hydrogen) atoms. The largest absolute Gasteiger partial charge is 0.394 e. The highest BCUT2D eigenvalue weighted by atomic mass is 32.1. The molecule has 1 heterocycles. The van der Waals surface area contributed by atoms with Gasteiger partial charge in [-0.2, -0.15) is 12.6 Å². The number of thiol groups is 1. The maximum atomic E-state index is 9.35. The maximum absolute atomic E-state index is 9.35. The predicted molar refractivity (Wildman–Crippen MR) is 101 cm³/mol. The molecular formula is C19H30N2O2S. The lowest BCUT2D eigenvalue weighted by Gasteiger charge is -2.46. The number of nitrogens with zero attached hydrogens (tertiary/aromatic N) is 1. The highest BCUT2D eigenvalue weighted by molar-refractivity contribution is 7.81. The standard InChI is InChI=1S/C19H30N2O2S/c1-12-6-14(17-8-18(17)24)4-5-15(7-12)23-16-9-21(10-16)13(2)19(3,20)11-22/h4-6,12,15-18,22,24H,2,7-11,20H2,1,3H3. The van der Waals surface area contributed by atoms with Gasteiger partial charge in [0.1, 0.15) is 0 Å². The lowest BCUT2D eigenvalue weighted by Crippen LogP contribution is -2.58. The lowest BCUT2D eigenvalue weighted by molar-refractivity contribution is -0.0733. The second kappa shape index (κ2) is 6.87. The van der Waals surface area contributed by atoms with Crippen LogP contribution in [0, 0.1) is 11.8 Å². The van der Waals surface area contributed by atoms with Gasteiger partial charge in [0.25, 0.3) is 0 Å². The molecule has 0 spiro atoms. The fourth-order valence-electron chi connectivity index (χ4n) is 3.45. The predicted octanol–water partition coefficient (Wildman–Crippen LogP) is 2.12. The summed E-state index contributed by atoms with van der Waals surface area (Å²) in [6.07, 6.45) is 9.43. The molecule has 1 saturated heterocycles. The van der Waals surface area contributed by atoms with E-state index < -0.39 is 5.54 Å². The zero-order valence-electron chi connectivity index (χ0n) is 14.7. The zero-order chi connectivity index (χ0) is 17.5. The Morgan fingerprint density at radius 1 is 1.50 bits per heavy atom. The van der Waals surface area contributed by atoms with E-state index in [1.54, 1.807) is 6.92 Å². The van der Waals surface area contributed by atoms with Crippen molar-refractivity contribution in [1.29, 1.82) is 0 Å². The first kappa shape index (κ1) is 18.1. The molecule has 4 nitrogen and oxygen atoms in total. The molecule has 0 aromatic rings. The van der Waals surface area contributed by atoms with Gasteiger partial charge in [-0.15, -0.1) is 0 Å².